The van der Waals surface area contributed by atoms with Crippen LogP contribution < -0.4 is 0 Å². The number of amides is 1. The van der Waals surface area contributed by atoms with E-state index in [0.29, 0.717) is 63.0 Å². The number of ether oxygens (including phenoxy) is 1. The van der Waals surface area contributed by atoms with Gasteiger partial charge in [-0.05, 0) is 58.8 Å². The van der Waals surface area contributed by atoms with E-state index in [1.807, 2.05) is 0 Å². The second kappa shape index (κ2) is 10.5. The molecule has 2 saturated carbocycles. The lowest BCUT2D eigenvalue weighted by Gasteiger charge is -2.42. The van der Waals surface area contributed by atoms with Crippen molar-refractivity contribution in [1.82, 2.24) is 19.9 Å². The van der Waals surface area contributed by atoms with Gasteiger partial charge in [0.25, 0.3) is 5.92 Å². The van der Waals surface area contributed by atoms with Crippen molar-refractivity contribution in [3.63, 3.8) is 0 Å². The molecule has 0 unspecified atom stereocenters. The van der Waals surface area contributed by atoms with E-state index < -0.39 is 24.1 Å². The van der Waals surface area contributed by atoms with Crippen LogP contribution in [0.25, 0.3) is 0 Å². The van der Waals surface area contributed by atoms with E-state index in [9.17, 15) is 9.18 Å². The molecule has 0 N–H and O–H groups in total. The van der Waals surface area contributed by atoms with Gasteiger partial charge in [0.1, 0.15) is 6.17 Å². The average molecular weight is 527 g/mol. The Morgan fingerprint density at radius 2 is 1.92 bits per heavy atom. The molecule has 208 valence electrons. The molecule has 4 fully saturated rings. The minimum Gasteiger partial charge on any atom is -0.373 e. The summed E-state index contributed by atoms with van der Waals surface area (Å²) in [6.45, 7) is 8.91. The molecule has 1 aromatic rings. The molecule has 1 aromatic heterocycles. The summed E-state index contributed by atoms with van der Waals surface area (Å²) in [6.07, 6.45) is 2.36. The van der Waals surface area contributed by atoms with Crippen LogP contribution in [0.2, 0.25) is 0 Å². The van der Waals surface area contributed by atoms with Crippen LogP contribution in [0.15, 0.2) is 4.52 Å². The fourth-order valence-electron chi connectivity index (χ4n) is 6.48. The monoisotopic (exact) mass is 526 g/mol. The highest BCUT2D eigenvalue weighted by atomic mass is 19.3. The summed E-state index contributed by atoms with van der Waals surface area (Å²) in [6, 6.07) is 0.404. The maximum Gasteiger partial charge on any atom is 0.253 e. The van der Waals surface area contributed by atoms with Gasteiger partial charge < -0.3 is 14.2 Å². The Kier molecular flexibility index (Phi) is 7.62. The molecule has 5 rings (SSSR count). The highest BCUT2D eigenvalue weighted by Crippen LogP contribution is 2.45. The Morgan fingerprint density at radius 3 is 2.54 bits per heavy atom. The topological polar surface area (TPSA) is 71.7 Å². The number of piperidine rings is 1. The van der Waals surface area contributed by atoms with E-state index in [2.05, 4.69) is 35.8 Å². The summed E-state index contributed by atoms with van der Waals surface area (Å²) in [5, 5.41) is 4.16. The molecule has 2 aliphatic heterocycles. The van der Waals surface area contributed by atoms with Crippen LogP contribution in [0.4, 0.5) is 13.2 Å². The minimum absolute atomic E-state index is 0.0535. The van der Waals surface area contributed by atoms with E-state index in [1.54, 1.807) is 4.90 Å². The molecular weight excluding hydrogens is 485 g/mol. The number of carbonyl (C=O) groups excluding carboxylic acids is 1. The van der Waals surface area contributed by atoms with E-state index in [0.717, 1.165) is 25.9 Å². The molecular formula is C27H41F3N4O3. The number of rotatable bonds is 8. The van der Waals surface area contributed by atoms with Crippen molar-refractivity contribution in [2.75, 3.05) is 26.2 Å². The molecule has 0 spiro atoms. The number of aromatic nitrogens is 2. The van der Waals surface area contributed by atoms with Crippen molar-refractivity contribution in [2.45, 2.75) is 120 Å². The van der Waals surface area contributed by atoms with Gasteiger partial charge in [-0.25, -0.2) is 13.2 Å². The van der Waals surface area contributed by atoms with E-state index >= 15 is 8.78 Å². The Balaban J connectivity index is 1.20. The highest BCUT2D eigenvalue weighted by molar-refractivity contribution is 5.76. The third-order valence-corrected chi connectivity index (χ3v) is 9.35. The molecule has 2 aliphatic carbocycles. The lowest BCUT2D eigenvalue weighted by molar-refractivity contribution is -0.174. The van der Waals surface area contributed by atoms with Crippen molar-refractivity contribution >= 4 is 5.91 Å². The summed E-state index contributed by atoms with van der Waals surface area (Å²) in [5.74, 6) is -3.58. The Bertz CT molecular complexity index is 949. The normalized spacial score (nSPS) is 33.7. The van der Waals surface area contributed by atoms with Gasteiger partial charge in [0.2, 0.25) is 11.8 Å². The van der Waals surface area contributed by atoms with Crippen LogP contribution in [0.3, 0.4) is 0 Å². The standard InChI is InChI=1S/C27H41F3N4O3/c1-4-26(25-31-24(37-32-25)19-14-21(19)28)9-12-33(13-10-26)23(35)15-20-22(6-5-8-27(20,29)30)36-18-7-11-34(16-18)17(2)3/h17-22H,4-16H2,1-3H3/t18-,19+,20+,21-,22-/m0/s1. The maximum atomic E-state index is 15.1. The first-order valence-corrected chi connectivity index (χ1v) is 14.1. The van der Waals surface area contributed by atoms with Gasteiger partial charge >= 0.3 is 0 Å². The molecule has 2 saturated heterocycles. The molecule has 37 heavy (non-hydrogen) atoms. The highest BCUT2D eigenvalue weighted by Gasteiger charge is 2.50. The molecule has 10 heteroatoms. The van der Waals surface area contributed by atoms with Crippen LogP contribution in [0, 0.1) is 5.92 Å². The molecule has 1 amide bonds. The van der Waals surface area contributed by atoms with Crippen molar-refractivity contribution in [3.8, 4) is 0 Å². The van der Waals surface area contributed by atoms with Crippen LogP contribution in [0.5, 0.6) is 0 Å². The zero-order chi connectivity index (χ0) is 26.4. The zero-order valence-corrected chi connectivity index (χ0v) is 22.3. The lowest BCUT2D eigenvalue weighted by atomic mass is 9.75. The van der Waals surface area contributed by atoms with Crippen molar-refractivity contribution < 1.29 is 27.2 Å². The predicted octanol–water partition coefficient (Wildman–Crippen LogP) is 4.86. The van der Waals surface area contributed by atoms with Crippen LogP contribution in [0.1, 0.15) is 96.2 Å². The number of nitrogens with zero attached hydrogens (tertiary/aromatic N) is 4. The number of hydrogen-bond donors (Lipinski definition) is 0. The summed E-state index contributed by atoms with van der Waals surface area (Å²) in [7, 11) is 0. The molecule has 7 nitrogen and oxygen atoms in total. The third kappa shape index (κ3) is 5.56. The van der Waals surface area contributed by atoms with Gasteiger partial charge in [-0.15, -0.1) is 0 Å². The number of likely N-dealkylation sites (tertiary alicyclic amines) is 2. The van der Waals surface area contributed by atoms with Gasteiger partial charge in [-0.2, -0.15) is 4.98 Å². The Labute approximate surface area is 217 Å². The van der Waals surface area contributed by atoms with Crippen molar-refractivity contribution in [1.29, 1.82) is 0 Å². The first kappa shape index (κ1) is 26.9. The zero-order valence-electron chi connectivity index (χ0n) is 22.3. The van der Waals surface area contributed by atoms with Gasteiger partial charge in [0.05, 0.1) is 24.0 Å². The molecule has 0 radical (unpaired) electrons. The fraction of sp³-hybridized carbons (Fsp3) is 0.889. The summed E-state index contributed by atoms with van der Waals surface area (Å²) in [4.78, 5) is 21.8. The average Bonchev–Trinajstić information content (AvgIpc) is 3.25. The molecule has 0 bridgehead atoms. The smallest absolute Gasteiger partial charge is 0.253 e. The van der Waals surface area contributed by atoms with Gasteiger partial charge in [-0.1, -0.05) is 12.1 Å². The largest absolute Gasteiger partial charge is 0.373 e. The van der Waals surface area contributed by atoms with Crippen LogP contribution in [-0.2, 0) is 14.9 Å². The maximum absolute atomic E-state index is 15.1. The van der Waals surface area contributed by atoms with E-state index in [1.165, 1.54) is 0 Å². The minimum atomic E-state index is -2.91. The summed E-state index contributed by atoms with van der Waals surface area (Å²) >= 11 is 0. The summed E-state index contributed by atoms with van der Waals surface area (Å²) in [5.41, 5.74) is -0.343. The van der Waals surface area contributed by atoms with Gasteiger partial charge in [0.15, 0.2) is 5.82 Å². The second-order valence-electron chi connectivity index (χ2n) is 12.0. The molecule has 4 aliphatic rings. The van der Waals surface area contributed by atoms with Crippen molar-refractivity contribution in [2.24, 2.45) is 5.92 Å². The SMILES string of the molecule is CCC1(c2noc([C@@H]3C[C@@H]3F)n2)CCN(C(=O)C[C@@H]2[C@@H](O[C@H]3CCN(C(C)C)C3)CCCC2(F)F)CC1. The van der Waals surface area contributed by atoms with E-state index in [-0.39, 0.29) is 36.2 Å². The van der Waals surface area contributed by atoms with E-state index in [4.69, 9.17) is 9.26 Å². The molecule has 5 atom stereocenters. The molecule has 0 aromatic carbocycles. The second-order valence-corrected chi connectivity index (χ2v) is 12.0. The number of hydrogen-bond acceptors (Lipinski definition) is 6. The van der Waals surface area contributed by atoms with Crippen LogP contribution >= 0.6 is 0 Å². The van der Waals surface area contributed by atoms with Crippen molar-refractivity contribution in [3.05, 3.63) is 11.7 Å². The van der Waals surface area contributed by atoms with Crippen LogP contribution in [-0.4, -0.2) is 82.4 Å². The predicted molar refractivity (Wildman–Crippen MR) is 131 cm³/mol. The molecule has 3 heterocycles. The first-order chi connectivity index (χ1) is 17.6. The number of halogens is 3. The third-order valence-electron chi connectivity index (χ3n) is 9.35. The Hall–Kier alpha value is -1.68. The van der Waals surface area contributed by atoms with Gasteiger partial charge in [-0.3, -0.25) is 9.69 Å². The lowest BCUT2D eigenvalue weighted by Crippen LogP contribution is -2.50. The first-order valence-electron chi connectivity index (χ1n) is 14.1. The quantitative estimate of drug-likeness (QED) is 0.482. The Morgan fingerprint density at radius 1 is 1.19 bits per heavy atom. The number of alkyl halides is 3. The van der Waals surface area contributed by atoms with Gasteiger partial charge in [0, 0.05) is 50.5 Å². The summed E-state index contributed by atoms with van der Waals surface area (Å²) < 4.78 is 55.3. The number of carbonyl (C=O) groups is 1. The fourth-order valence-corrected chi connectivity index (χ4v) is 6.48.